The van der Waals surface area contributed by atoms with E-state index in [9.17, 15) is 4.79 Å². The van der Waals surface area contributed by atoms with Crippen LogP contribution in [0.4, 0.5) is 10.5 Å². The summed E-state index contributed by atoms with van der Waals surface area (Å²) in [6.07, 6.45) is 1.65. The van der Waals surface area contributed by atoms with E-state index in [4.69, 9.17) is 23.2 Å². The van der Waals surface area contributed by atoms with Crippen molar-refractivity contribution in [3.8, 4) is 0 Å². The van der Waals surface area contributed by atoms with Crippen LogP contribution >= 0.6 is 34.5 Å². The summed E-state index contributed by atoms with van der Waals surface area (Å²) < 4.78 is 0. The smallest absolute Gasteiger partial charge is 0.319 e. The quantitative estimate of drug-likeness (QED) is 0.846. The summed E-state index contributed by atoms with van der Waals surface area (Å²) in [5.74, 6) is 0. The Kier molecular flexibility index (Phi) is 5.85. The van der Waals surface area contributed by atoms with Crippen molar-refractivity contribution in [1.29, 1.82) is 0 Å². The molecule has 0 atom stereocenters. The SMILES string of the molecule is CCc1nc(CCNC(=O)Nc2cc(Cl)cc(Cl)c2)cs1. The van der Waals surface area contributed by atoms with Crippen LogP contribution in [0.1, 0.15) is 17.6 Å². The lowest BCUT2D eigenvalue weighted by Gasteiger charge is -2.07. The van der Waals surface area contributed by atoms with E-state index in [2.05, 4.69) is 22.5 Å². The average Bonchev–Trinajstić information content (AvgIpc) is 2.85. The average molecular weight is 344 g/mol. The second-order valence-electron chi connectivity index (χ2n) is 4.38. The second kappa shape index (κ2) is 7.64. The first-order valence-corrected chi connectivity index (χ1v) is 8.14. The number of hydrogen-bond acceptors (Lipinski definition) is 3. The number of hydrogen-bond donors (Lipinski definition) is 2. The number of urea groups is 1. The Hall–Kier alpha value is -1.30. The maximum atomic E-state index is 11.8. The Labute approximate surface area is 137 Å². The molecule has 0 radical (unpaired) electrons. The number of benzene rings is 1. The lowest BCUT2D eigenvalue weighted by atomic mass is 10.3. The molecule has 1 aromatic heterocycles. The summed E-state index contributed by atoms with van der Waals surface area (Å²) in [5.41, 5.74) is 1.56. The van der Waals surface area contributed by atoms with Gasteiger partial charge in [-0.25, -0.2) is 9.78 Å². The standard InChI is InChI=1S/C14H15Cl2N3OS/c1-2-13-18-11(8-21-13)3-4-17-14(20)19-12-6-9(15)5-10(16)7-12/h5-8H,2-4H2,1H3,(H2,17,19,20). The molecule has 0 aliphatic carbocycles. The van der Waals surface area contributed by atoms with E-state index in [-0.39, 0.29) is 6.03 Å². The molecule has 2 aromatic rings. The van der Waals surface area contributed by atoms with Gasteiger partial charge in [0.2, 0.25) is 0 Å². The zero-order chi connectivity index (χ0) is 15.2. The van der Waals surface area contributed by atoms with Crippen molar-refractivity contribution in [2.75, 3.05) is 11.9 Å². The van der Waals surface area contributed by atoms with Crippen LogP contribution in [-0.4, -0.2) is 17.6 Å². The van der Waals surface area contributed by atoms with Gasteiger partial charge in [0.1, 0.15) is 0 Å². The molecular weight excluding hydrogens is 329 g/mol. The molecular formula is C14H15Cl2N3OS. The molecule has 4 nitrogen and oxygen atoms in total. The predicted octanol–water partition coefficient (Wildman–Crippen LogP) is 4.38. The summed E-state index contributed by atoms with van der Waals surface area (Å²) in [4.78, 5) is 16.2. The van der Waals surface area contributed by atoms with Gasteiger partial charge in [-0.05, 0) is 24.6 Å². The summed E-state index contributed by atoms with van der Waals surface area (Å²) >= 11 is 13.4. The van der Waals surface area contributed by atoms with Gasteiger partial charge in [0.25, 0.3) is 0 Å². The number of anilines is 1. The van der Waals surface area contributed by atoms with Crippen molar-refractivity contribution in [2.45, 2.75) is 19.8 Å². The minimum absolute atomic E-state index is 0.292. The maximum Gasteiger partial charge on any atom is 0.319 e. The van der Waals surface area contributed by atoms with Gasteiger partial charge in [0.05, 0.1) is 10.7 Å². The summed E-state index contributed by atoms with van der Waals surface area (Å²) in [7, 11) is 0. The number of thiazole rings is 1. The maximum absolute atomic E-state index is 11.8. The van der Waals surface area contributed by atoms with E-state index in [0.717, 1.165) is 17.1 Å². The normalized spacial score (nSPS) is 10.4. The van der Waals surface area contributed by atoms with Crippen LogP contribution in [0.25, 0.3) is 0 Å². The summed E-state index contributed by atoms with van der Waals surface area (Å²) in [6, 6.07) is 4.60. The fourth-order valence-corrected chi connectivity index (χ4v) is 3.04. The van der Waals surface area contributed by atoms with E-state index in [1.54, 1.807) is 29.5 Å². The van der Waals surface area contributed by atoms with Crippen LogP contribution in [0.3, 0.4) is 0 Å². The van der Waals surface area contributed by atoms with Crippen molar-refractivity contribution < 1.29 is 4.79 Å². The van der Waals surface area contributed by atoms with Gasteiger partial charge >= 0.3 is 6.03 Å². The molecule has 7 heteroatoms. The summed E-state index contributed by atoms with van der Waals surface area (Å²) in [5, 5.41) is 9.56. The molecule has 112 valence electrons. The molecule has 2 amide bonds. The van der Waals surface area contributed by atoms with Crippen molar-refractivity contribution in [1.82, 2.24) is 10.3 Å². The second-order valence-corrected chi connectivity index (χ2v) is 6.19. The Morgan fingerprint density at radius 2 is 2.00 bits per heavy atom. The Morgan fingerprint density at radius 1 is 1.29 bits per heavy atom. The van der Waals surface area contributed by atoms with Gasteiger partial charge in [0, 0.05) is 34.1 Å². The van der Waals surface area contributed by atoms with Gasteiger partial charge in [-0.3, -0.25) is 0 Å². The Balaban J connectivity index is 1.79. The Morgan fingerprint density at radius 3 is 2.62 bits per heavy atom. The fraction of sp³-hybridized carbons (Fsp3) is 0.286. The van der Waals surface area contributed by atoms with Gasteiger partial charge in [0.15, 0.2) is 0 Å². The molecule has 0 spiro atoms. The number of carbonyl (C=O) groups excluding carboxylic acids is 1. The highest BCUT2D eigenvalue weighted by Gasteiger charge is 2.05. The minimum atomic E-state index is -0.292. The summed E-state index contributed by atoms with van der Waals surface area (Å²) in [6.45, 7) is 2.59. The highest BCUT2D eigenvalue weighted by Crippen LogP contribution is 2.22. The van der Waals surface area contributed by atoms with Crippen molar-refractivity contribution in [3.63, 3.8) is 0 Å². The highest BCUT2D eigenvalue weighted by atomic mass is 35.5. The molecule has 1 aromatic carbocycles. The molecule has 0 saturated heterocycles. The van der Waals surface area contributed by atoms with E-state index in [1.807, 2.05) is 5.38 Å². The topological polar surface area (TPSA) is 54.0 Å². The molecule has 21 heavy (non-hydrogen) atoms. The zero-order valence-corrected chi connectivity index (χ0v) is 13.8. The van der Waals surface area contributed by atoms with Crippen LogP contribution < -0.4 is 10.6 Å². The molecule has 0 fully saturated rings. The monoisotopic (exact) mass is 343 g/mol. The lowest BCUT2D eigenvalue weighted by molar-refractivity contribution is 0.252. The van der Waals surface area contributed by atoms with E-state index >= 15 is 0 Å². The molecule has 2 rings (SSSR count). The van der Waals surface area contributed by atoms with Crippen LogP contribution in [0.5, 0.6) is 0 Å². The largest absolute Gasteiger partial charge is 0.337 e. The molecule has 0 bridgehead atoms. The lowest BCUT2D eigenvalue weighted by Crippen LogP contribution is -2.30. The third kappa shape index (κ3) is 5.19. The van der Waals surface area contributed by atoms with Crippen molar-refractivity contribution in [3.05, 3.63) is 44.3 Å². The van der Waals surface area contributed by atoms with E-state index in [0.29, 0.717) is 28.7 Å². The minimum Gasteiger partial charge on any atom is -0.337 e. The first kappa shape index (κ1) is 16.1. The molecule has 0 saturated carbocycles. The molecule has 0 aliphatic heterocycles. The molecule has 0 aliphatic rings. The predicted molar refractivity (Wildman–Crippen MR) is 88.7 cm³/mol. The Bertz CT molecular complexity index is 610. The number of carbonyl (C=O) groups is 1. The number of aryl methyl sites for hydroxylation is 1. The van der Waals surface area contributed by atoms with Crippen LogP contribution in [0, 0.1) is 0 Å². The molecule has 1 heterocycles. The van der Waals surface area contributed by atoms with Crippen LogP contribution in [0.15, 0.2) is 23.6 Å². The van der Waals surface area contributed by atoms with Gasteiger partial charge in [-0.15, -0.1) is 11.3 Å². The first-order valence-electron chi connectivity index (χ1n) is 6.51. The number of aromatic nitrogens is 1. The number of nitrogens with one attached hydrogen (secondary N) is 2. The van der Waals surface area contributed by atoms with Gasteiger partial charge in [-0.2, -0.15) is 0 Å². The van der Waals surface area contributed by atoms with E-state index in [1.165, 1.54) is 0 Å². The number of amides is 2. The van der Waals surface area contributed by atoms with Crippen LogP contribution in [0.2, 0.25) is 10.0 Å². The molecule has 0 unspecified atom stereocenters. The van der Waals surface area contributed by atoms with Crippen LogP contribution in [-0.2, 0) is 12.8 Å². The number of rotatable bonds is 5. The number of halogens is 2. The van der Waals surface area contributed by atoms with E-state index < -0.39 is 0 Å². The van der Waals surface area contributed by atoms with Gasteiger partial charge < -0.3 is 10.6 Å². The number of nitrogens with zero attached hydrogens (tertiary/aromatic N) is 1. The first-order chi connectivity index (χ1) is 10.1. The third-order valence-corrected chi connectivity index (χ3v) is 4.17. The zero-order valence-electron chi connectivity index (χ0n) is 11.5. The highest BCUT2D eigenvalue weighted by molar-refractivity contribution is 7.09. The van der Waals surface area contributed by atoms with Gasteiger partial charge in [-0.1, -0.05) is 30.1 Å². The molecule has 2 N–H and O–H groups in total. The van der Waals surface area contributed by atoms with Crippen molar-refractivity contribution >= 4 is 46.3 Å². The van der Waals surface area contributed by atoms with Crippen molar-refractivity contribution in [2.24, 2.45) is 0 Å². The fourth-order valence-electron chi connectivity index (χ4n) is 1.73. The third-order valence-electron chi connectivity index (χ3n) is 2.69.